The smallest absolute Gasteiger partial charge is 0.407 e. The number of nitrogens with one attached hydrogen (secondary N) is 2. The SMILES string of the molecule is CCCC(=O)N(CC(=O)OC)c1cccc2[nH]cc(CC(C)NC(=O)OC(C)(C)C)c12. The van der Waals surface area contributed by atoms with Gasteiger partial charge in [-0.15, -0.1) is 0 Å². The van der Waals surface area contributed by atoms with Crippen LogP contribution in [0.4, 0.5) is 10.5 Å². The van der Waals surface area contributed by atoms with Crippen molar-refractivity contribution in [2.45, 2.75) is 65.5 Å². The van der Waals surface area contributed by atoms with Crippen molar-refractivity contribution in [2.24, 2.45) is 0 Å². The Labute approximate surface area is 183 Å². The lowest BCUT2D eigenvalue weighted by Gasteiger charge is -2.24. The Morgan fingerprint density at radius 1 is 1.23 bits per heavy atom. The number of ether oxygens (including phenoxy) is 2. The number of rotatable bonds is 8. The van der Waals surface area contributed by atoms with Gasteiger partial charge in [-0.3, -0.25) is 9.59 Å². The van der Waals surface area contributed by atoms with Crippen molar-refractivity contribution in [1.82, 2.24) is 10.3 Å². The van der Waals surface area contributed by atoms with Crippen molar-refractivity contribution in [3.63, 3.8) is 0 Å². The topological polar surface area (TPSA) is 101 Å². The molecule has 0 aliphatic heterocycles. The minimum atomic E-state index is -0.578. The minimum absolute atomic E-state index is 0.146. The van der Waals surface area contributed by atoms with Crippen LogP contribution in [0.5, 0.6) is 0 Å². The predicted octanol–water partition coefficient (Wildman–Crippen LogP) is 3.93. The standard InChI is InChI=1S/C23H33N3O5/c1-7-9-19(27)26(14-20(28)30-6)18-11-8-10-17-21(18)16(13-24-17)12-15(2)25-22(29)31-23(3,4)5/h8,10-11,13,15,24H,7,9,12,14H2,1-6H3,(H,25,29). The highest BCUT2D eigenvalue weighted by molar-refractivity contribution is 6.06. The second-order valence-electron chi connectivity index (χ2n) is 8.57. The molecule has 2 amide bonds. The fourth-order valence-electron chi connectivity index (χ4n) is 3.36. The number of esters is 1. The molecule has 0 saturated carbocycles. The number of alkyl carbamates (subject to hydrolysis) is 1. The van der Waals surface area contributed by atoms with Crippen LogP contribution in [-0.2, 0) is 25.5 Å². The molecule has 8 heteroatoms. The van der Waals surface area contributed by atoms with E-state index in [-0.39, 0.29) is 18.5 Å². The van der Waals surface area contributed by atoms with Gasteiger partial charge in [0.2, 0.25) is 5.91 Å². The molecular formula is C23H33N3O5. The third-order valence-corrected chi connectivity index (χ3v) is 4.63. The van der Waals surface area contributed by atoms with Gasteiger partial charge in [0.25, 0.3) is 0 Å². The average molecular weight is 432 g/mol. The van der Waals surface area contributed by atoms with Gasteiger partial charge in [0, 0.05) is 29.6 Å². The number of anilines is 1. The Kier molecular flexibility index (Phi) is 8.08. The number of hydrogen-bond acceptors (Lipinski definition) is 5. The molecule has 1 atom stereocenters. The van der Waals surface area contributed by atoms with Crippen LogP contribution in [0.25, 0.3) is 10.9 Å². The van der Waals surface area contributed by atoms with Gasteiger partial charge in [0.1, 0.15) is 12.1 Å². The van der Waals surface area contributed by atoms with Crippen molar-refractivity contribution < 1.29 is 23.9 Å². The molecule has 2 aromatic rings. The molecule has 0 aliphatic carbocycles. The van der Waals surface area contributed by atoms with Gasteiger partial charge in [-0.25, -0.2) is 4.79 Å². The van der Waals surface area contributed by atoms with E-state index in [4.69, 9.17) is 9.47 Å². The molecule has 1 unspecified atom stereocenters. The minimum Gasteiger partial charge on any atom is -0.468 e. The molecule has 0 aliphatic rings. The molecule has 2 N–H and O–H groups in total. The molecule has 1 aromatic heterocycles. The maximum Gasteiger partial charge on any atom is 0.407 e. The van der Waals surface area contributed by atoms with Crippen LogP contribution in [0.15, 0.2) is 24.4 Å². The molecule has 8 nitrogen and oxygen atoms in total. The number of carbonyl (C=O) groups excluding carboxylic acids is 3. The highest BCUT2D eigenvalue weighted by atomic mass is 16.6. The number of amides is 2. The number of H-pyrrole nitrogens is 1. The van der Waals surface area contributed by atoms with E-state index in [1.165, 1.54) is 12.0 Å². The number of methoxy groups -OCH3 is 1. The Morgan fingerprint density at radius 3 is 2.55 bits per heavy atom. The van der Waals surface area contributed by atoms with Gasteiger partial charge in [-0.1, -0.05) is 13.0 Å². The predicted molar refractivity (Wildman–Crippen MR) is 120 cm³/mol. The second-order valence-corrected chi connectivity index (χ2v) is 8.57. The highest BCUT2D eigenvalue weighted by Gasteiger charge is 2.24. The van der Waals surface area contributed by atoms with Gasteiger partial charge >= 0.3 is 12.1 Å². The number of hydrogen-bond donors (Lipinski definition) is 2. The van der Waals surface area contributed by atoms with Crippen LogP contribution in [0.1, 0.15) is 53.0 Å². The summed E-state index contributed by atoms with van der Waals surface area (Å²) in [6.45, 7) is 9.08. The summed E-state index contributed by atoms with van der Waals surface area (Å²) < 4.78 is 10.1. The zero-order chi connectivity index (χ0) is 23.2. The van der Waals surface area contributed by atoms with Crippen LogP contribution in [0.2, 0.25) is 0 Å². The van der Waals surface area contributed by atoms with Crippen LogP contribution < -0.4 is 10.2 Å². The van der Waals surface area contributed by atoms with Gasteiger partial charge in [0.15, 0.2) is 0 Å². The molecule has 0 bridgehead atoms. The van der Waals surface area contributed by atoms with E-state index in [2.05, 4.69) is 10.3 Å². The van der Waals surface area contributed by atoms with E-state index in [9.17, 15) is 14.4 Å². The molecule has 0 radical (unpaired) electrons. The van der Waals surface area contributed by atoms with Crippen molar-refractivity contribution >= 4 is 34.6 Å². The first-order valence-corrected chi connectivity index (χ1v) is 10.5. The van der Waals surface area contributed by atoms with E-state index in [1.54, 1.807) is 0 Å². The fraction of sp³-hybridized carbons (Fsp3) is 0.522. The molecular weight excluding hydrogens is 398 g/mol. The van der Waals surface area contributed by atoms with Crippen molar-refractivity contribution in [3.8, 4) is 0 Å². The third-order valence-electron chi connectivity index (χ3n) is 4.63. The largest absolute Gasteiger partial charge is 0.468 e. The first-order chi connectivity index (χ1) is 14.6. The molecule has 31 heavy (non-hydrogen) atoms. The molecule has 1 aromatic carbocycles. The summed E-state index contributed by atoms with van der Waals surface area (Å²) in [6, 6.07) is 5.36. The Hall–Kier alpha value is -3.03. The lowest BCUT2D eigenvalue weighted by atomic mass is 10.0. The quantitative estimate of drug-likeness (QED) is 0.617. The monoisotopic (exact) mass is 431 g/mol. The maximum absolute atomic E-state index is 12.8. The summed E-state index contributed by atoms with van der Waals surface area (Å²) in [5.41, 5.74) is 1.83. The second kappa shape index (κ2) is 10.3. The Morgan fingerprint density at radius 2 is 1.94 bits per heavy atom. The third kappa shape index (κ3) is 6.73. The van der Waals surface area contributed by atoms with Crippen LogP contribution in [0.3, 0.4) is 0 Å². The number of carbonyl (C=O) groups is 3. The fourth-order valence-corrected chi connectivity index (χ4v) is 3.36. The summed E-state index contributed by atoms with van der Waals surface area (Å²) in [7, 11) is 1.30. The van der Waals surface area contributed by atoms with E-state index >= 15 is 0 Å². The number of fused-ring (bicyclic) bond motifs is 1. The highest BCUT2D eigenvalue weighted by Crippen LogP contribution is 2.31. The Bertz CT molecular complexity index is 929. The number of aromatic amines is 1. The normalized spacial score (nSPS) is 12.3. The van der Waals surface area contributed by atoms with Gasteiger partial charge < -0.3 is 24.7 Å². The average Bonchev–Trinajstić information content (AvgIpc) is 3.07. The summed E-state index contributed by atoms with van der Waals surface area (Å²) >= 11 is 0. The van der Waals surface area contributed by atoms with Crippen LogP contribution >= 0.6 is 0 Å². The van der Waals surface area contributed by atoms with Crippen LogP contribution in [-0.4, -0.2) is 48.3 Å². The van der Waals surface area contributed by atoms with Crippen molar-refractivity contribution in [3.05, 3.63) is 30.0 Å². The first-order valence-electron chi connectivity index (χ1n) is 10.5. The molecule has 2 rings (SSSR count). The van der Waals surface area contributed by atoms with Gasteiger partial charge in [-0.05, 0) is 58.2 Å². The van der Waals surface area contributed by atoms with Gasteiger partial charge in [0.05, 0.1) is 12.8 Å². The zero-order valence-corrected chi connectivity index (χ0v) is 19.2. The summed E-state index contributed by atoms with van der Waals surface area (Å²) in [4.78, 5) is 41.6. The van der Waals surface area contributed by atoms with E-state index in [0.717, 1.165) is 16.5 Å². The first kappa shape index (κ1) is 24.2. The molecule has 170 valence electrons. The number of aromatic nitrogens is 1. The van der Waals surface area contributed by atoms with Crippen molar-refractivity contribution in [2.75, 3.05) is 18.6 Å². The van der Waals surface area contributed by atoms with E-state index in [1.807, 2.05) is 59.0 Å². The zero-order valence-electron chi connectivity index (χ0n) is 19.2. The van der Waals surface area contributed by atoms with E-state index in [0.29, 0.717) is 24.9 Å². The molecule has 0 spiro atoms. The molecule has 1 heterocycles. The van der Waals surface area contributed by atoms with E-state index < -0.39 is 17.7 Å². The summed E-state index contributed by atoms with van der Waals surface area (Å²) in [6.07, 6.45) is 2.89. The lowest BCUT2D eigenvalue weighted by Crippen LogP contribution is -2.38. The number of benzene rings is 1. The molecule has 0 fully saturated rings. The van der Waals surface area contributed by atoms with Crippen molar-refractivity contribution in [1.29, 1.82) is 0 Å². The summed E-state index contributed by atoms with van der Waals surface area (Å²) in [5.74, 6) is -0.633. The Balaban J connectivity index is 2.35. The lowest BCUT2D eigenvalue weighted by molar-refractivity contribution is -0.140. The summed E-state index contributed by atoms with van der Waals surface area (Å²) in [5, 5.41) is 3.68. The number of nitrogens with zero attached hydrogens (tertiary/aromatic N) is 1. The van der Waals surface area contributed by atoms with Crippen LogP contribution in [0, 0.1) is 0 Å². The molecule has 0 saturated heterocycles. The van der Waals surface area contributed by atoms with Gasteiger partial charge in [-0.2, -0.15) is 0 Å². The maximum atomic E-state index is 12.8.